The summed E-state index contributed by atoms with van der Waals surface area (Å²) in [5.74, 6) is -0.0812. The molecule has 0 radical (unpaired) electrons. The number of carbonyl (C=O) groups excluding carboxylic acids is 1. The first kappa shape index (κ1) is 18.7. The van der Waals surface area contributed by atoms with Gasteiger partial charge in [-0.15, -0.1) is 21.5 Å². The molecule has 1 amide bonds. The average Bonchev–Trinajstić information content (AvgIpc) is 3.06. The van der Waals surface area contributed by atoms with Crippen molar-refractivity contribution in [2.24, 2.45) is 5.10 Å². The van der Waals surface area contributed by atoms with Gasteiger partial charge in [-0.25, -0.2) is 10.4 Å². The lowest BCUT2D eigenvalue weighted by molar-refractivity contribution is -0.115. The molecule has 0 saturated heterocycles. The van der Waals surface area contributed by atoms with Crippen LogP contribution in [-0.4, -0.2) is 32.3 Å². The molecule has 11 heteroatoms. The van der Waals surface area contributed by atoms with E-state index >= 15 is 0 Å². The van der Waals surface area contributed by atoms with Crippen LogP contribution in [0.15, 0.2) is 39.5 Å². The van der Waals surface area contributed by atoms with Gasteiger partial charge in [-0.2, -0.15) is 5.10 Å². The summed E-state index contributed by atoms with van der Waals surface area (Å²) in [6.45, 7) is 3.00. The van der Waals surface area contributed by atoms with Crippen molar-refractivity contribution < 1.29 is 4.79 Å². The Balaban J connectivity index is 1.77. The number of rotatable bonds is 5. The number of nitrogens with one attached hydrogen (secondary N) is 2. The Labute approximate surface area is 162 Å². The number of H-pyrrole nitrogens is 1. The number of aromatic amines is 1. The quantitative estimate of drug-likeness (QED) is 0.499. The monoisotopic (exact) mass is 403 g/mol. The molecule has 2 heterocycles. The Bertz CT molecular complexity index is 1060. The number of halogens is 1. The maximum atomic E-state index is 12.1. The van der Waals surface area contributed by atoms with Crippen LogP contribution in [0.4, 0.5) is 16.8 Å². The van der Waals surface area contributed by atoms with E-state index in [9.17, 15) is 9.59 Å². The highest BCUT2D eigenvalue weighted by Gasteiger charge is 2.17. The number of aryl methyl sites for hydroxylation is 1. The first-order valence-corrected chi connectivity index (χ1v) is 8.94. The average molecular weight is 404 g/mol. The van der Waals surface area contributed by atoms with Crippen LogP contribution in [-0.2, 0) is 4.79 Å². The minimum absolute atomic E-state index is 0.113. The van der Waals surface area contributed by atoms with Crippen molar-refractivity contribution in [1.29, 1.82) is 0 Å². The number of nitrogens with zero attached hydrogens (tertiary/aromatic N) is 5. The Kier molecular flexibility index (Phi) is 5.57. The maximum Gasteiger partial charge on any atom is 0.274 e. The molecule has 138 valence electrons. The number of hydrazone groups is 1. The van der Waals surface area contributed by atoms with Gasteiger partial charge < -0.3 is 0 Å². The minimum Gasteiger partial charge on any atom is -0.288 e. The number of hydrogen-bond acceptors (Lipinski definition) is 8. The van der Waals surface area contributed by atoms with Crippen molar-refractivity contribution in [2.75, 3.05) is 10.3 Å². The molecule has 27 heavy (non-hydrogen) atoms. The molecule has 0 atom stereocenters. The second-order valence-electron chi connectivity index (χ2n) is 5.35. The van der Waals surface area contributed by atoms with Gasteiger partial charge in [0.25, 0.3) is 5.56 Å². The van der Waals surface area contributed by atoms with Crippen LogP contribution in [0.25, 0.3) is 0 Å². The smallest absolute Gasteiger partial charge is 0.274 e. The van der Waals surface area contributed by atoms with Gasteiger partial charge in [0.05, 0.1) is 17.6 Å². The summed E-state index contributed by atoms with van der Waals surface area (Å²) in [6, 6.07) is 6.95. The minimum atomic E-state index is -0.350. The Hall–Kier alpha value is -3.11. The van der Waals surface area contributed by atoms with Gasteiger partial charge in [-0.1, -0.05) is 17.7 Å². The second kappa shape index (κ2) is 8.06. The van der Waals surface area contributed by atoms with Crippen LogP contribution in [0.1, 0.15) is 18.3 Å². The van der Waals surface area contributed by atoms with Crippen LogP contribution in [0.3, 0.4) is 0 Å². The third kappa shape index (κ3) is 4.54. The predicted octanol–water partition coefficient (Wildman–Crippen LogP) is 2.71. The van der Waals surface area contributed by atoms with Crippen LogP contribution in [0, 0.1) is 6.92 Å². The van der Waals surface area contributed by atoms with Gasteiger partial charge in [0.2, 0.25) is 11.9 Å². The third-order valence-corrected chi connectivity index (χ3v) is 4.39. The molecule has 0 fully saturated rings. The van der Waals surface area contributed by atoms with Crippen LogP contribution in [0.2, 0.25) is 5.02 Å². The normalized spacial score (nSPS) is 10.9. The molecule has 3 aromatic rings. The number of hydrogen-bond donors (Lipinski definition) is 2. The van der Waals surface area contributed by atoms with E-state index in [1.807, 2.05) is 0 Å². The summed E-state index contributed by atoms with van der Waals surface area (Å²) in [7, 11) is 0. The summed E-state index contributed by atoms with van der Waals surface area (Å²) in [5, 5.41) is 14.2. The number of amides is 1. The molecule has 2 N–H and O–H groups in total. The number of thiazole rings is 1. The lowest BCUT2D eigenvalue weighted by Crippen LogP contribution is -2.22. The lowest BCUT2D eigenvalue weighted by atomic mass is 10.3. The zero-order valence-electron chi connectivity index (χ0n) is 14.3. The molecule has 0 aliphatic heterocycles. The van der Waals surface area contributed by atoms with E-state index in [0.29, 0.717) is 21.5 Å². The van der Waals surface area contributed by atoms with Gasteiger partial charge in [0.1, 0.15) is 5.69 Å². The Morgan fingerprint density at radius 3 is 2.93 bits per heavy atom. The van der Waals surface area contributed by atoms with Crippen LogP contribution >= 0.6 is 22.9 Å². The second-order valence-corrected chi connectivity index (χ2v) is 6.62. The van der Waals surface area contributed by atoms with E-state index in [1.54, 1.807) is 36.6 Å². The standard InChI is InChI=1S/C16H14ClN7O2S/c1-9-14(26)20-15(23-21-9)22-18-7-12-8-27-16(19-12)24(10(2)25)13-5-3-4-11(17)6-13/h3-8H,1-2H3,(H2,20,22,23,26)/b18-7-. The summed E-state index contributed by atoms with van der Waals surface area (Å²) < 4.78 is 0. The molecule has 0 spiro atoms. The van der Waals surface area contributed by atoms with Gasteiger partial charge in [0, 0.05) is 17.3 Å². The molecule has 1 aromatic carbocycles. The summed E-state index contributed by atoms with van der Waals surface area (Å²) >= 11 is 7.30. The molecule has 2 aromatic heterocycles. The van der Waals surface area contributed by atoms with Crippen molar-refractivity contribution >= 4 is 51.8 Å². The number of anilines is 3. The lowest BCUT2D eigenvalue weighted by Gasteiger charge is -2.18. The molecular weight excluding hydrogens is 390 g/mol. The Morgan fingerprint density at radius 1 is 1.41 bits per heavy atom. The zero-order chi connectivity index (χ0) is 19.4. The van der Waals surface area contributed by atoms with E-state index in [4.69, 9.17) is 11.6 Å². The highest BCUT2D eigenvalue weighted by atomic mass is 35.5. The highest BCUT2D eigenvalue weighted by molar-refractivity contribution is 7.14. The van der Waals surface area contributed by atoms with Crippen molar-refractivity contribution in [3.05, 3.63) is 56.4 Å². The summed E-state index contributed by atoms with van der Waals surface area (Å²) in [6.07, 6.45) is 1.44. The van der Waals surface area contributed by atoms with Gasteiger partial charge in [-0.05, 0) is 25.1 Å². The topological polar surface area (TPSA) is 116 Å². The zero-order valence-corrected chi connectivity index (χ0v) is 15.9. The maximum absolute atomic E-state index is 12.1. The summed E-state index contributed by atoms with van der Waals surface area (Å²) in [5.41, 5.74) is 3.63. The molecule has 0 unspecified atom stereocenters. The fraction of sp³-hybridized carbons (Fsp3) is 0.125. The molecule has 0 saturated carbocycles. The van der Waals surface area contributed by atoms with Gasteiger partial charge in [-0.3, -0.25) is 19.5 Å². The highest BCUT2D eigenvalue weighted by Crippen LogP contribution is 2.30. The summed E-state index contributed by atoms with van der Waals surface area (Å²) in [4.78, 5) is 31.9. The fourth-order valence-corrected chi connectivity index (χ4v) is 3.11. The van der Waals surface area contributed by atoms with Crippen LogP contribution in [0.5, 0.6) is 0 Å². The molecule has 0 bridgehead atoms. The van der Waals surface area contributed by atoms with E-state index in [2.05, 4.69) is 30.7 Å². The van der Waals surface area contributed by atoms with Crippen molar-refractivity contribution in [3.8, 4) is 0 Å². The van der Waals surface area contributed by atoms with Crippen molar-refractivity contribution in [3.63, 3.8) is 0 Å². The number of benzene rings is 1. The molecule has 0 aliphatic carbocycles. The van der Waals surface area contributed by atoms with E-state index in [1.165, 1.54) is 29.4 Å². The number of aromatic nitrogens is 4. The SMILES string of the molecule is CC(=O)N(c1cccc(Cl)c1)c1nc(/C=N\Nc2nnc(C)c(=O)[nH]2)cs1. The molecular formula is C16H14ClN7O2S. The van der Waals surface area contributed by atoms with E-state index in [0.717, 1.165) is 0 Å². The molecule has 9 nitrogen and oxygen atoms in total. The molecule has 0 aliphatic rings. The van der Waals surface area contributed by atoms with Crippen LogP contribution < -0.4 is 15.9 Å². The first-order chi connectivity index (χ1) is 12.9. The largest absolute Gasteiger partial charge is 0.288 e. The third-order valence-electron chi connectivity index (χ3n) is 3.31. The number of carbonyl (C=O) groups is 1. The van der Waals surface area contributed by atoms with Crippen molar-refractivity contribution in [1.82, 2.24) is 20.2 Å². The fourth-order valence-electron chi connectivity index (χ4n) is 2.08. The van der Waals surface area contributed by atoms with Crippen molar-refractivity contribution in [2.45, 2.75) is 13.8 Å². The Morgan fingerprint density at radius 2 is 2.22 bits per heavy atom. The first-order valence-electron chi connectivity index (χ1n) is 7.68. The van der Waals surface area contributed by atoms with E-state index < -0.39 is 0 Å². The van der Waals surface area contributed by atoms with E-state index in [-0.39, 0.29) is 23.1 Å². The van der Waals surface area contributed by atoms with Gasteiger partial charge in [0.15, 0.2) is 5.13 Å². The predicted molar refractivity (Wildman–Crippen MR) is 105 cm³/mol. The van der Waals surface area contributed by atoms with Gasteiger partial charge >= 0.3 is 0 Å². The molecule has 3 rings (SSSR count).